The van der Waals surface area contributed by atoms with Crippen molar-refractivity contribution in [3.63, 3.8) is 0 Å². The van der Waals surface area contributed by atoms with Crippen LogP contribution in [0.4, 0.5) is 0 Å². The fourth-order valence-electron chi connectivity index (χ4n) is 2.14. The Kier molecular flexibility index (Phi) is 5.64. The first-order chi connectivity index (χ1) is 9.56. The predicted octanol–water partition coefficient (Wildman–Crippen LogP) is 4.10. The molecule has 1 aromatic heterocycles. The quantitative estimate of drug-likeness (QED) is 0.790. The number of aromatic nitrogens is 2. The molecule has 3 nitrogen and oxygen atoms in total. The average molecular weight is 357 g/mol. The van der Waals surface area contributed by atoms with E-state index in [9.17, 15) is 0 Å². The summed E-state index contributed by atoms with van der Waals surface area (Å²) in [5.41, 5.74) is 3.51. The lowest BCUT2D eigenvalue weighted by Gasteiger charge is -2.07. The molecular formula is C15H19BrClN3. The molecule has 0 aliphatic rings. The minimum atomic E-state index is 0.756. The van der Waals surface area contributed by atoms with E-state index in [0.717, 1.165) is 41.2 Å². The Balaban J connectivity index is 1.71. The highest BCUT2D eigenvalue weighted by atomic mass is 79.9. The van der Waals surface area contributed by atoms with Crippen LogP contribution in [0.15, 0.2) is 28.7 Å². The van der Waals surface area contributed by atoms with E-state index in [0.29, 0.717) is 0 Å². The molecule has 0 unspecified atom stereocenters. The van der Waals surface area contributed by atoms with Gasteiger partial charge in [0.15, 0.2) is 0 Å². The van der Waals surface area contributed by atoms with E-state index >= 15 is 0 Å². The summed E-state index contributed by atoms with van der Waals surface area (Å²) in [6.45, 7) is 6.88. The highest BCUT2D eigenvalue weighted by Gasteiger charge is 2.01. The maximum absolute atomic E-state index is 6.07. The van der Waals surface area contributed by atoms with E-state index in [2.05, 4.69) is 50.1 Å². The molecule has 1 N–H and O–H groups in total. The molecule has 108 valence electrons. The Bertz CT molecular complexity index is 580. The third-order valence-corrected chi connectivity index (χ3v) is 4.37. The number of nitrogens with zero attached hydrogens (tertiary/aromatic N) is 2. The number of rotatable bonds is 6. The zero-order valence-electron chi connectivity index (χ0n) is 11.8. The largest absolute Gasteiger partial charge is 0.313 e. The minimum Gasteiger partial charge on any atom is -0.313 e. The van der Waals surface area contributed by atoms with Crippen molar-refractivity contribution in [2.75, 3.05) is 6.54 Å². The summed E-state index contributed by atoms with van der Waals surface area (Å²) < 4.78 is 3.00. The van der Waals surface area contributed by atoms with Gasteiger partial charge < -0.3 is 5.32 Å². The third kappa shape index (κ3) is 4.33. The molecule has 5 heteroatoms. The summed E-state index contributed by atoms with van der Waals surface area (Å²) in [4.78, 5) is 0. The first-order valence-corrected chi connectivity index (χ1v) is 7.89. The molecule has 0 saturated carbocycles. The highest BCUT2D eigenvalue weighted by molar-refractivity contribution is 9.10. The summed E-state index contributed by atoms with van der Waals surface area (Å²) in [7, 11) is 0. The van der Waals surface area contributed by atoms with Gasteiger partial charge in [-0.25, -0.2) is 0 Å². The van der Waals surface area contributed by atoms with Crippen LogP contribution in [0.2, 0.25) is 5.02 Å². The molecule has 0 spiro atoms. The summed E-state index contributed by atoms with van der Waals surface area (Å²) in [5, 5.41) is 8.64. The Hall–Kier alpha value is -0.840. The smallest absolute Gasteiger partial charge is 0.0596 e. The van der Waals surface area contributed by atoms with Crippen LogP contribution in [0.1, 0.15) is 23.4 Å². The Morgan fingerprint density at radius 2 is 2.10 bits per heavy atom. The number of hydrogen-bond acceptors (Lipinski definition) is 2. The Labute approximate surface area is 133 Å². The van der Waals surface area contributed by atoms with Crippen molar-refractivity contribution in [1.82, 2.24) is 15.1 Å². The van der Waals surface area contributed by atoms with Crippen LogP contribution in [0.3, 0.4) is 0 Å². The van der Waals surface area contributed by atoms with Crippen molar-refractivity contribution in [2.24, 2.45) is 0 Å². The van der Waals surface area contributed by atoms with Crippen molar-refractivity contribution in [3.05, 3.63) is 50.7 Å². The molecule has 0 radical (unpaired) electrons. The van der Waals surface area contributed by atoms with Crippen LogP contribution in [0.5, 0.6) is 0 Å². The van der Waals surface area contributed by atoms with Gasteiger partial charge in [-0.1, -0.05) is 17.7 Å². The van der Waals surface area contributed by atoms with Gasteiger partial charge in [-0.15, -0.1) is 0 Å². The maximum atomic E-state index is 6.07. The predicted molar refractivity (Wildman–Crippen MR) is 87.2 cm³/mol. The molecule has 1 heterocycles. The number of benzene rings is 1. The molecular weight excluding hydrogens is 338 g/mol. The van der Waals surface area contributed by atoms with Crippen molar-refractivity contribution in [3.8, 4) is 0 Å². The monoisotopic (exact) mass is 355 g/mol. The molecule has 0 saturated heterocycles. The van der Waals surface area contributed by atoms with Gasteiger partial charge in [0.05, 0.1) is 10.7 Å². The molecule has 0 bridgehead atoms. The molecule has 1 aromatic carbocycles. The lowest BCUT2D eigenvalue weighted by Crippen LogP contribution is -2.17. The number of halogens is 2. The van der Waals surface area contributed by atoms with Gasteiger partial charge in [0, 0.05) is 23.3 Å². The normalized spacial score (nSPS) is 11.0. The molecule has 20 heavy (non-hydrogen) atoms. The maximum Gasteiger partial charge on any atom is 0.0596 e. The van der Waals surface area contributed by atoms with Gasteiger partial charge in [-0.2, -0.15) is 5.10 Å². The van der Waals surface area contributed by atoms with E-state index in [4.69, 9.17) is 11.6 Å². The van der Waals surface area contributed by atoms with Crippen molar-refractivity contribution >= 4 is 27.5 Å². The second kappa shape index (κ2) is 7.25. The molecule has 0 atom stereocenters. The summed E-state index contributed by atoms with van der Waals surface area (Å²) >= 11 is 9.46. The Morgan fingerprint density at radius 3 is 2.75 bits per heavy atom. The fourth-order valence-corrected chi connectivity index (χ4v) is 2.59. The summed E-state index contributed by atoms with van der Waals surface area (Å²) in [6.07, 6.45) is 1.06. The lowest BCUT2D eigenvalue weighted by molar-refractivity contribution is 0.532. The van der Waals surface area contributed by atoms with Crippen LogP contribution < -0.4 is 5.32 Å². The molecule has 0 fully saturated rings. The van der Waals surface area contributed by atoms with E-state index in [1.54, 1.807) is 0 Å². The molecule has 2 aromatic rings. The van der Waals surface area contributed by atoms with Gasteiger partial charge >= 0.3 is 0 Å². The van der Waals surface area contributed by atoms with E-state index < -0.39 is 0 Å². The van der Waals surface area contributed by atoms with Crippen LogP contribution in [-0.2, 0) is 13.1 Å². The summed E-state index contributed by atoms with van der Waals surface area (Å²) in [5.74, 6) is 0. The van der Waals surface area contributed by atoms with Gasteiger partial charge in [-0.3, -0.25) is 4.68 Å². The standard InChI is InChI=1S/C15H19BrClN3/c1-11-8-12(2)20(19-11)7-3-6-18-10-13-4-5-14(16)15(17)9-13/h4-5,8-9,18H,3,6-7,10H2,1-2H3. The molecule has 0 amide bonds. The van der Waals surface area contributed by atoms with Crippen molar-refractivity contribution < 1.29 is 0 Å². The number of aryl methyl sites for hydroxylation is 3. The third-order valence-electron chi connectivity index (χ3n) is 3.14. The van der Waals surface area contributed by atoms with Crippen molar-refractivity contribution in [1.29, 1.82) is 0 Å². The first-order valence-electron chi connectivity index (χ1n) is 6.72. The first kappa shape index (κ1) is 15.5. The van der Waals surface area contributed by atoms with Gasteiger partial charge in [0.1, 0.15) is 0 Å². The van der Waals surface area contributed by atoms with E-state index in [1.165, 1.54) is 11.3 Å². The summed E-state index contributed by atoms with van der Waals surface area (Å²) in [6, 6.07) is 8.15. The lowest BCUT2D eigenvalue weighted by atomic mass is 10.2. The molecule has 0 aliphatic carbocycles. The SMILES string of the molecule is Cc1cc(C)n(CCCNCc2ccc(Br)c(Cl)c2)n1. The average Bonchev–Trinajstić information content (AvgIpc) is 2.72. The fraction of sp³-hybridized carbons (Fsp3) is 0.400. The van der Waals surface area contributed by atoms with Crippen LogP contribution in [0.25, 0.3) is 0 Å². The van der Waals surface area contributed by atoms with Gasteiger partial charge in [-0.05, 0) is 66.5 Å². The van der Waals surface area contributed by atoms with Crippen molar-refractivity contribution in [2.45, 2.75) is 33.4 Å². The minimum absolute atomic E-state index is 0.756. The van der Waals surface area contributed by atoms with Crippen LogP contribution in [0, 0.1) is 13.8 Å². The zero-order chi connectivity index (χ0) is 14.5. The van der Waals surface area contributed by atoms with E-state index in [1.807, 2.05) is 19.1 Å². The second-order valence-corrected chi connectivity index (χ2v) is 6.19. The number of nitrogens with one attached hydrogen (secondary N) is 1. The molecule has 2 rings (SSSR count). The topological polar surface area (TPSA) is 29.9 Å². The number of hydrogen-bond donors (Lipinski definition) is 1. The Morgan fingerprint density at radius 1 is 1.30 bits per heavy atom. The van der Waals surface area contributed by atoms with Gasteiger partial charge in [0.25, 0.3) is 0 Å². The van der Waals surface area contributed by atoms with Crippen LogP contribution >= 0.6 is 27.5 Å². The second-order valence-electron chi connectivity index (χ2n) is 4.93. The highest BCUT2D eigenvalue weighted by Crippen LogP contribution is 2.22. The zero-order valence-corrected chi connectivity index (χ0v) is 14.1. The van der Waals surface area contributed by atoms with Gasteiger partial charge in [0.2, 0.25) is 0 Å². The van der Waals surface area contributed by atoms with E-state index in [-0.39, 0.29) is 0 Å². The molecule has 0 aliphatic heterocycles. The van der Waals surface area contributed by atoms with Crippen LogP contribution in [-0.4, -0.2) is 16.3 Å².